The largest absolute Gasteiger partial charge is 0.376 e. The summed E-state index contributed by atoms with van der Waals surface area (Å²) in [6.45, 7) is 3.64. The van der Waals surface area contributed by atoms with Gasteiger partial charge in [-0.15, -0.1) is 0 Å². The number of ether oxygens (including phenoxy) is 1. The van der Waals surface area contributed by atoms with E-state index >= 15 is 0 Å². The lowest BCUT2D eigenvalue weighted by atomic mass is 10.1. The maximum absolute atomic E-state index is 11.7. The minimum absolute atomic E-state index is 0.120. The third kappa shape index (κ3) is 4.67. The summed E-state index contributed by atoms with van der Waals surface area (Å²) in [7, 11) is 0. The minimum Gasteiger partial charge on any atom is -0.376 e. The van der Waals surface area contributed by atoms with Crippen LogP contribution in [0.5, 0.6) is 0 Å². The molecule has 0 aromatic heterocycles. The molecule has 1 aromatic rings. The van der Waals surface area contributed by atoms with E-state index in [-0.39, 0.29) is 12.0 Å². The molecule has 104 valence electrons. The van der Waals surface area contributed by atoms with Crippen molar-refractivity contribution in [1.29, 1.82) is 0 Å². The number of hydrogen-bond acceptors (Lipinski definition) is 2. The smallest absolute Gasteiger partial charge is 0.220 e. The van der Waals surface area contributed by atoms with Crippen molar-refractivity contribution in [2.75, 3.05) is 13.2 Å². The van der Waals surface area contributed by atoms with Gasteiger partial charge in [-0.3, -0.25) is 4.79 Å². The van der Waals surface area contributed by atoms with Crippen LogP contribution in [0.1, 0.15) is 37.3 Å². The molecule has 3 heteroatoms. The lowest BCUT2D eigenvalue weighted by molar-refractivity contribution is -0.121. The van der Waals surface area contributed by atoms with Gasteiger partial charge in [-0.2, -0.15) is 0 Å². The first kappa shape index (κ1) is 14.1. The van der Waals surface area contributed by atoms with Gasteiger partial charge in [0.25, 0.3) is 0 Å². The number of carbonyl (C=O) groups excluding carboxylic acids is 1. The number of nitrogens with one attached hydrogen (secondary N) is 1. The van der Waals surface area contributed by atoms with E-state index in [4.69, 9.17) is 4.74 Å². The SMILES string of the molecule is CCc1ccc(CCC(=O)NCC2CCCO2)cc1. The Morgan fingerprint density at radius 2 is 2.05 bits per heavy atom. The summed E-state index contributed by atoms with van der Waals surface area (Å²) in [5.41, 5.74) is 2.57. The van der Waals surface area contributed by atoms with Crippen LogP contribution in [0, 0.1) is 0 Å². The van der Waals surface area contributed by atoms with Crippen molar-refractivity contribution in [3.8, 4) is 0 Å². The number of hydrogen-bond donors (Lipinski definition) is 1. The number of aryl methyl sites for hydroxylation is 2. The summed E-state index contributed by atoms with van der Waals surface area (Å²) in [6.07, 6.45) is 4.83. The summed E-state index contributed by atoms with van der Waals surface area (Å²) >= 11 is 0. The van der Waals surface area contributed by atoms with Gasteiger partial charge in [-0.1, -0.05) is 31.2 Å². The van der Waals surface area contributed by atoms with Crippen LogP contribution in [0.15, 0.2) is 24.3 Å². The summed E-state index contributed by atoms with van der Waals surface area (Å²) in [5, 5.41) is 2.95. The van der Waals surface area contributed by atoms with Crippen molar-refractivity contribution in [2.45, 2.75) is 45.1 Å². The molecule has 1 atom stereocenters. The Balaban J connectivity index is 1.67. The number of amides is 1. The highest BCUT2D eigenvalue weighted by Gasteiger charge is 2.15. The molecule has 1 aliphatic rings. The van der Waals surface area contributed by atoms with Gasteiger partial charge in [-0.05, 0) is 36.8 Å². The fraction of sp³-hybridized carbons (Fsp3) is 0.562. The first-order valence-corrected chi connectivity index (χ1v) is 7.24. The van der Waals surface area contributed by atoms with Gasteiger partial charge < -0.3 is 10.1 Å². The maximum atomic E-state index is 11.7. The second kappa shape index (κ2) is 7.29. The van der Waals surface area contributed by atoms with Gasteiger partial charge in [-0.25, -0.2) is 0 Å². The van der Waals surface area contributed by atoms with Crippen LogP contribution >= 0.6 is 0 Å². The Kier molecular flexibility index (Phi) is 5.40. The topological polar surface area (TPSA) is 38.3 Å². The Morgan fingerprint density at radius 1 is 1.32 bits per heavy atom. The standard InChI is InChI=1S/C16H23NO2/c1-2-13-5-7-14(8-6-13)9-10-16(18)17-12-15-4-3-11-19-15/h5-8,15H,2-4,9-12H2,1H3,(H,17,18). The second-order valence-corrected chi connectivity index (χ2v) is 5.11. The molecule has 1 heterocycles. The molecule has 1 aliphatic heterocycles. The zero-order valence-electron chi connectivity index (χ0n) is 11.7. The predicted molar refractivity (Wildman–Crippen MR) is 76.1 cm³/mol. The Hall–Kier alpha value is -1.35. The van der Waals surface area contributed by atoms with Crippen molar-refractivity contribution in [1.82, 2.24) is 5.32 Å². The van der Waals surface area contributed by atoms with E-state index in [1.54, 1.807) is 0 Å². The van der Waals surface area contributed by atoms with E-state index in [0.29, 0.717) is 13.0 Å². The zero-order chi connectivity index (χ0) is 13.5. The summed E-state index contributed by atoms with van der Waals surface area (Å²) in [4.78, 5) is 11.7. The third-order valence-corrected chi connectivity index (χ3v) is 3.62. The summed E-state index contributed by atoms with van der Waals surface area (Å²) in [5.74, 6) is 0.120. The number of rotatable bonds is 6. The molecular weight excluding hydrogens is 238 g/mol. The Bertz CT molecular complexity index is 394. The molecule has 0 saturated carbocycles. The maximum Gasteiger partial charge on any atom is 0.220 e. The highest BCUT2D eigenvalue weighted by Crippen LogP contribution is 2.11. The molecular formula is C16H23NO2. The average Bonchev–Trinajstić information content (AvgIpc) is 2.96. The Morgan fingerprint density at radius 3 is 2.68 bits per heavy atom. The number of carbonyl (C=O) groups is 1. The lowest BCUT2D eigenvalue weighted by Crippen LogP contribution is -2.31. The van der Waals surface area contributed by atoms with E-state index < -0.39 is 0 Å². The van der Waals surface area contributed by atoms with Gasteiger partial charge in [0.05, 0.1) is 6.10 Å². The molecule has 0 spiro atoms. The fourth-order valence-electron chi connectivity index (χ4n) is 2.32. The van der Waals surface area contributed by atoms with Crippen LogP contribution in [0.2, 0.25) is 0 Å². The van der Waals surface area contributed by atoms with Crippen molar-refractivity contribution >= 4 is 5.91 Å². The van der Waals surface area contributed by atoms with Crippen LogP contribution in [0.25, 0.3) is 0 Å². The fourth-order valence-corrected chi connectivity index (χ4v) is 2.32. The molecule has 19 heavy (non-hydrogen) atoms. The van der Waals surface area contributed by atoms with Crippen molar-refractivity contribution in [2.24, 2.45) is 0 Å². The third-order valence-electron chi connectivity index (χ3n) is 3.62. The highest BCUT2D eigenvalue weighted by molar-refractivity contribution is 5.76. The van der Waals surface area contributed by atoms with Gasteiger partial charge in [0.1, 0.15) is 0 Å². The monoisotopic (exact) mass is 261 g/mol. The molecule has 3 nitrogen and oxygen atoms in total. The molecule has 1 unspecified atom stereocenters. The first-order valence-electron chi connectivity index (χ1n) is 7.24. The first-order chi connectivity index (χ1) is 9.28. The van der Waals surface area contributed by atoms with Crippen LogP contribution < -0.4 is 5.32 Å². The quantitative estimate of drug-likeness (QED) is 0.854. The zero-order valence-corrected chi connectivity index (χ0v) is 11.7. The normalized spacial score (nSPS) is 18.5. The molecule has 1 saturated heterocycles. The second-order valence-electron chi connectivity index (χ2n) is 5.11. The van der Waals surface area contributed by atoms with E-state index in [9.17, 15) is 4.79 Å². The van der Waals surface area contributed by atoms with Crippen LogP contribution in [-0.2, 0) is 22.4 Å². The molecule has 1 N–H and O–H groups in total. The molecule has 2 rings (SSSR count). The van der Waals surface area contributed by atoms with E-state index in [0.717, 1.165) is 32.3 Å². The number of benzene rings is 1. The predicted octanol–water partition coefficient (Wildman–Crippen LogP) is 2.48. The van der Waals surface area contributed by atoms with Crippen LogP contribution in [0.4, 0.5) is 0 Å². The summed E-state index contributed by atoms with van der Waals surface area (Å²) < 4.78 is 5.48. The van der Waals surface area contributed by atoms with Gasteiger partial charge in [0.15, 0.2) is 0 Å². The van der Waals surface area contributed by atoms with Crippen molar-refractivity contribution < 1.29 is 9.53 Å². The van der Waals surface area contributed by atoms with Crippen molar-refractivity contribution in [3.05, 3.63) is 35.4 Å². The van der Waals surface area contributed by atoms with Gasteiger partial charge in [0, 0.05) is 19.6 Å². The molecule has 1 fully saturated rings. The van der Waals surface area contributed by atoms with E-state index in [2.05, 4.69) is 36.5 Å². The molecule has 0 bridgehead atoms. The van der Waals surface area contributed by atoms with Crippen LogP contribution in [0.3, 0.4) is 0 Å². The van der Waals surface area contributed by atoms with Gasteiger partial charge in [0.2, 0.25) is 5.91 Å². The van der Waals surface area contributed by atoms with Gasteiger partial charge >= 0.3 is 0 Å². The van der Waals surface area contributed by atoms with Crippen LogP contribution in [-0.4, -0.2) is 25.2 Å². The van der Waals surface area contributed by atoms with E-state index in [1.165, 1.54) is 11.1 Å². The minimum atomic E-state index is 0.120. The average molecular weight is 261 g/mol. The molecule has 0 aliphatic carbocycles. The molecule has 0 radical (unpaired) electrons. The molecule has 1 aromatic carbocycles. The van der Waals surface area contributed by atoms with E-state index in [1.807, 2.05) is 0 Å². The Labute approximate surface area is 115 Å². The molecule has 1 amide bonds. The highest BCUT2D eigenvalue weighted by atomic mass is 16.5. The lowest BCUT2D eigenvalue weighted by Gasteiger charge is -2.10. The summed E-state index contributed by atoms with van der Waals surface area (Å²) in [6, 6.07) is 8.51. The van der Waals surface area contributed by atoms with Crippen molar-refractivity contribution in [3.63, 3.8) is 0 Å².